The van der Waals surface area contributed by atoms with Crippen molar-refractivity contribution in [2.45, 2.75) is 30.1 Å². The van der Waals surface area contributed by atoms with Gasteiger partial charge in [0.1, 0.15) is 4.34 Å². The maximum absolute atomic E-state index is 10.0. The summed E-state index contributed by atoms with van der Waals surface area (Å²) in [5.74, 6) is 0.764. The molecule has 1 aromatic carbocycles. The molecule has 0 amide bonds. The minimum absolute atomic E-state index is 0.0777. The molecule has 5 heteroatoms. The van der Waals surface area contributed by atoms with Crippen LogP contribution in [0.15, 0.2) is 40.1 Å². The van der Waals surface area contributed by atoms with Crippen molar-refractivity contribution in [1.82, 2.24) is 10.3 Å². The largest absolute Gasteiger partial charge is 0.394 e. The second kappa shape index (κ2) is 7.94. The van der Waals surface area contributed by atoms with E-state index in [0.29, 0.717) is 0 Å². The van der Waals surface area contributed by atoms with Crippen molar-refractivity contribution < 1.29 is 5.11 Å². The lowest BCUT2D eigenvalue weighted by Crippen LogP contribution is -2.48. The van der Waals surface area contributed by atoms with Crippen LogP contribution in [0.5, 0.6) is 0 Å². The summed E-state index contributed by atoms with van der Waals surface area (Å²) in [6, 6.07) is 10.2. The predicted molar refractivity (Wildman–Crippen MR) is 91.1 cm³/mol. The summed E-state index contributed by atoms with van der Waals surface area (Å²) in [5.41, 5.74) is 1.77. The monoisotopic (exact) mass is 322 g/mol. The summed E-state index contributed by atoms with van der Waals surface area (Å²) >= 11 is 3.37. The Morgan fingerprint density at radius 2 is 2.10 bits per heavy atom. The van der Waals surface area contributed by atoms with Crippen molar-refractivity contribution in [1.29, 1.82) is 0 Å². The van der Waals surface area contributed by atoms with Crippen LogP contribution in [0, 0.1) is 6.92 Å². The van der Waals surface area contributed by atoms with E-state index in [1.165, 1.54) is 0 Å². The lowest BCUT2D eigenvalue weighted by atomic mass is 9.92. The van der Waals surface area contributed by atoms with E-state index < -0.39 is 5.54 Å². The maximum Gasteiger partial charge on any atom is 0.150 e. The standard InChI is InChI=1S/C16H22N2OS2/c1-3-9-17-16(11-19,14-7-5-4-6-8-14)12-21-15-18-13(2)10-20-15/h4-8,10,17,19H,3,9,11-12H2,1-2H3. The van der Waals surface area contributed by atoms with E-state index in [1.54, 1.807) is 23.1 Å². The lowest BCUT2D eigenvalue weighted by molar-refractivity contribution is 0.179. The van der Waals surface area contributed by atoms with E-state index in [2.05, 4.69) is 34.7 Å². The molecule has 2 rings (SSSR count). The number of thiazole rings is 1. The molecule has 1 atom stereocenters. The molecule has 0 spiro atoms. The van der Waals surface area contributed by atoms with Gasteiger partial charge in [-0.3, -0.25) is 0 Å². The average molecular weight is 322 g/mol. The number of aromatic nitrogens is 1. The molecule has 0 radical (unpaired) electrons. The highest BCUT2D eigenvalue weighted by Gasteiger charge is 2.31. The van der Waals surface area contributed by atoms with Crippen molar-refractivity contribution in [3.05, 3.63) is 47.0 Å². The Kier molecular flexibility index (Phi) is 6.23. The third kappa shape index (κ3) is 4.30. The summed E-state index contributed by atoms with van der Waals surface area (Å²) in [5, 5.41) is 15.6. The van der Waals surface area contributed by atoms with Crippen LogP contribution in [0.3, 0.4) is 0 Å². The molecule has 1 unspecified atom stereocenters. The summed E-state index contributed by atoms with van der Waals surface area (Å²) in [6.07, 6.45) is 1.04. The number of nitrogens with zero attached hydrogens (tertiary/aromatic N) is 1. The van der Waals surface area contributed by atoms with Crippen molar-refractivity contribution in [2.24, 2.45) is 0 Å². The first-order valence-corrected chi connectivity index (χ1v) is 9.03. The van der Waals surface area contributed by atoms with Gasteiger partial charge in [0.15, 0.2) is 0 Å². The SMILES string of the molecule is CCCNC(CO)(CSc1nc(C)cs1)c1ccccc1. The fourth-order valence-electron chi connectivity index (χ4n) is 2.13. The number of aliphatic hydroxyl groups excluding tert-OH is 1. The van der Waals surface area contributed by atoms with Gasteiger partial charge in [-0.25, -0.2) is 4.98 Å². The van der Waals surface area contributed by atoms with E-state index in [9.17, 15) is 5.11 Å². The van der Waals surface area contributed by atoms with Gasteiger partial charge in [0.05, 0.1) is 12.1 Å². The first kappa shape index (κ1) is 16.5. The van der Waals surface area contributed by atoms with Gasteiger partial charge < -0.3 is 10.4 Å². The van der Waals surface area contributed by atoms with Gasteiger partial charge in [0.25, 0.3) is 0 Å². The molecule has 114 valence electrons. The Morgan fingerprint density at radius 3 is 2.67 bits per heavy atom. The lowest BCUT2D eigenvalue weighted by Gasteiger charge is -2.33. The molecule has 2 N–H and O–H groups in total. The molecule has 1 heterocycles. The van der Waals surface area contributed by atoms with Crippen LogP contribution in [-0.4, -0.2) is 29.0 Å². The minimum atomic E-state index is -0.415. The number of benzene rings is 1. The van der Waals surface area contributed by atoms with E-state index in [-0.39, 0.29) is 6.61 Å². The van der Waals surface area contributed by atoms with E-state index in [0.717, 1.165) is 34.3 Å². The fraction of sp³-hybridized carbons (Fsp3) is 0.438. The molecule has 21 heavy (non-hydrogen) atoms. The predicted octanol–water partition coefficient (Wildman–Crippen LogP) is 3.43. The smallest absolute Gasteiger partial charge is 0.150 e. The average Bonchev–Trinajstić information content (AvgIpc) is 2.95. The number of aliphatic hydroxyl groups is 1. The molecule has 1 aromatic heterocycles. The van der Waals surface area contributed by atoms with Gasteiger partial charge in [0, 0.05) is 16.8 Å². The number of thioether (sulfide) groups is 1. The zero-order valence-corrected chi connectivity index (χ0v) is 14.1. The molecule has 3 nitrogen and oxygen atoms in total. The van der Waals surface area contributed by atoms with Gasteiger partial charge in [-0.05, 0) is 25.5 Å². The van der Waals surface area contributed by atoms with E-state index >= 15 is 0 Å². The van der Waals surface area contributed by atoms with Gasteiger partial charge in [-0.15, -0.1) is 11.3 Å². The van der Waals surface area contributed by atoms with E-state index in [1.807, 2.05) is 25.1 Å². The number of hydrogen-bond acceptors (Lipinski definition) is 5. The maximum atomic E-state index is 10.0. The Balaban J connectivity index is 2.18. The first-order chi connectivity index (χ1) is 10.2. The molecule has 0 aliphatic heterocycles. The Morgan fingerprint density at radius 1 is 1.33 bits per heavy atom. The number of aryl methyl sites for hydroxylation is 1. The Labute approximate surface area is 134 Å². The third-order valence-corrected chi connectivity index (χ3v) is 5.72. The fourth-order valence-corrected chi connectivity index (χ4v) is 4.19. The molecule has 2 aromatic rings. The number of hydrogen-bond donors (Lipinski definition) is 2. The molecule has 0 bridgehead atoms. The van der Waals surface area contributed by atoms with Crippen LogP contribution in [0.4, 0.5) is 0 Å². The topological polar surface area (TPSA) is 45.1 Å². The Hall–Kier alpha value is -0.880. The number of rotatable bonds is 8. The zero-order valence-electron chi connectivity index (χ0n) is 12.5. The summed E-state index contributed by atoms with van der Waals surface area (Å²) in [6.45, 7) is 5.10. The first-order valence-electron chi connectivity index (χ1n) is 7.16. The minimum Gasteiger partial charge on any atom is -0.394 e. The summed E-state index contributed by atoms with van der Waals surface area (Å²) in [7, 11) is 0. The van der Waals surface area contributed by atoms with Gasteiger partial charge in [-0.1, -0.05) is 49.0 Å². The third-order valence-electron chi connectivity index (χ3n) is 3.35. The normalized spacial score (nSPS) is 14.0. The molecule has 0 aliphatic carbocycles. The second-order valence-electron chi connectivity index (χ2n) is 5.08. The molecule has 0 saturated carbocycles. The molecule has 0 aliphatic rings. The summed E-state index contributed by atoms with van der Waals surface area (Å²) in [4.78, 5) is 4.49. The van der Waals surface area contributed by atoms with Crippen LogP contribution in [0.2, 0.25) is 0 Å². The number of nitrogens with one attached hydrogen (secondary N) is 1. The molecule has 0 fully saturated rings. The van der Waals surface area contributed by atoms with Gasteiger partial charge >= 0.3 is 0 Å². The van der Waals surface area contributed by atoms with Gasteiger partial charge in [0.2, 0.25) is 0 Å². The van der Waals surface area contributed by atoms with Crippen molar-refractivity contribution in [2.75, 3.05) is 18.9 Å². The van der Waals surface area contributed by atoms with Crippen molar-refractivity contribution >= 4 is 23.1 Å². The molecular weight excluding hydrogens is 300 g/mol. The van der Waals surface area contributed by atoms with Crippen LogP contribution >= 0.6 is 23.1 Å². The van der Waals surface area contributed by atoms with Gasteiger partial charge in [-0.2, -0.15) is 0 Å². The quantitative estimate of drug-likeness (QED) is 0.731. The van der Waals surface area contributed by atoms with Crippen LogP contribution in [-0.2, 0) is 5.54 Å². The highest BCUT2D eigenvalue weighted by Crippen LogP contribution is 2.31. The molecule has 0 saturated heterocycles. The van der Waals surface area contributed by atoms with Crippen LogP contribution in [0.25, 0.3) is 0 Å². The van der Waals surface area contributed by atoms with Crippen molar-refractivity contribution in [3.8, 4) is 0 Å². The second-order valence-corrected chi connectivity index (χ2v) is 7.16. The highest BCUT2D eigenvalue weighted by atomic mass is 32.2. The molecular formula is C16H22N2OS2. The highest BCUT2D eigenvalue weighted by molar-refractivity contribution is 8.01. The Bertz CT molecular complexity index is 544. The van der Waals surface area contributed by atoms with E-state index in [4.69, 9.17) is 0 Å². The van der Waals surface area contributed by atoms with Crippen LogP contribution in [0.1, 0.15) is 24.6 Å². The van der Waals surface area contributed by atoms with Crippen molar-refractivity contribution in [3.63, 3.8) is 0 Å². The zero-order chi connectivity index (χ0) is 15.1. The summed E-state index contributed by atoms with van der Waals surface area (Å²) < 4.78 is 1.06. The van der Waals surface area contributed by atoms with Crippen LogP contribution < -0.4 is 5.32 Å².